The molecule has 138 valence electrons. The third-order valence-electron chi connectivity index (χ3n) is 5.17. The van der Waals surface area contributed by atoms with Crippen LogP contribution in [0.15, 0.2) is 29.6 Å². The van der Waals surface area contributed by atoms with Crippen LogP contribution in [0.3, 0.4) is 0 Å². The van der Waals surface area contributed by atoms with Gasteiger partial charge in [-0.3, -0.25) is 4.79 Å². The molecule has 1 saturated heterocycles. The number of rotatable bonds is 4. The molecular weight excluding hydrogens is 350 g/mol. The molecule has 0 saturated carbocycles. The van der Waals surface area contributed by atoms with Crippen LogP contribution in [-0.4, -0.2) is 44.3 Å². The van der Waals surface area contributed by atoms with E-state index in [1.807, 2.05) is 23.1 Å². The summed E-state index contributed by atoms with van der Waals surface area (Å²) in [5, 5.41) is 2.05. The molecule has 2 aliphatic rings. The minimum Gasteiger partial charge on any atom is -0.493 e. The maximum Gasteiger partial charge on any atom is 0.252 e. The second kappa shape index (κ2) is 7.29. The zero-order valence-corrected chi connectivity index (χ0v) is 15.9. The number of nitrogens with zero attached hydrogens (tertiary/aromatic N) is 1. The van der Waals surface area contributed by atoms with E-state index < -0.39 is 0 Å². The quantitative estimate of drug-likeness (QED) is 0.824. The third-order valence-corrected chi connectivity index (χ3v) is 6.10. The first-order chi connectivity index (χ1) is 12.7. The van der Waals surface area contributed by atoms with Gasteiger partial charge >= 0.3 is 0 Å². The number of benzene rings is 1. The summed E-state index contributed by atoms with van der Waals surface area (Å²) in [6.07, 6.45) is 2.26. The van der Waals surface area contributed by atoms with Crippen molar-refractivity contribution < 1.29 is 19.0 Å². The number of fused-ring (bicyclic) bond motifs is 1. The number of carbonyl (C=O) groups is 1. The van der Waals surface area contributed by atoms with Crippen molar-refractivity contribution in [1.82, 2.24) is 4.90 Å². The van der Waals surface area contributed by atoms with Gasteiger partial charge in [-0.15, -0.1) is 11.3 Å². The normalized spacial score (nSPS) is 22.2. The maximum absolute atomic E-state index is 13.1. The molecule has 1 fully saturated rings. The van der Waals surface area contributed by atoms with Crippen molar-refractivity contribution in [2.24, 2.45) is 0 Å². The van der Waals surface area contributed by atoms with Crippen LogP contribution in [0.25, 0.3) is 0 Å². The fourth-order valence-corrected chi connectivity index (χ4v) is 4.75. The molecule has 2 atom stereocenters. The standard InChI is InChI=1S/C20H23NO4S/c1-23-16-11-13-7-8-21(20(22)15-5-3-9-25-15)19(18-6-4-10-26-18)14(13)12-17(16)24-2/h4,6,10-12,15,19H,3,5,7-9H2,1-2H3. The lowest BCUT2D eigenvalue weighted by atomic mass is 9.90. The highest BCUT2D eigenvalue weighted by atomic mass is 32.1. The van der Waals surface area contributed by atoms with Gasteiger partial charge in [0.25, 0.3) is 5.91 Å². The average Bonchev–Trinajstić information content (AvgIpc) is 3.39. The Balaban J connectivity index is 1.78. The van der Waals surface area contributed by atoms with Crippen LogP contribution in [0.4, 0.5) is 0 Å². The predicted octanol–water partition coefficient (Wildman–Crippen LogP) is 3.42. The van der Waals surface area contributed by atoms with Crippen molar-refractivity contribution in [3.63, 3.8) is 0 Å². The van der Waals surface area contributed by atoms with Crippen LogP contribution in [-0.2, 0) is 16.0 Å². The van der Waals surface area contributed by atoms with E-state index in [0.717, 1.165) is 35.5 Å². The molecule has 26 heavy (non-hydrogen) atoms. The number of hydrogen-bond donors (Lipinski definition) is 0. The molecule has 0 spiro atoms. The molecule has 0 bridgehead atoms. The number of carbonyl (C=O) groups excluding carboxylic acids is 1. The van der Waals surface area contributed by atoms with E-state index in [4.69, 9.17) is 14.2 Å². The number of methoxy groups -OCH3 is 2. The fraction of sp³-hybridized carbons (Fsp3) is 0.450. The number of hydrogen-bond acceptors (Lipinski definition) is 5. The summed E-state index contributed by atoms with van der Waals surface area (Å²) in [4.78, 5) is 16.3. The Kier molecular flexibility index (Phi) is 4.87. The van der Waals surface area contributed by atoms with Crippen LogP contribution in [0.1, 0.15) is 34.9 Å². The molecule has 4 rings (SSSR count). The van der Waals surface area contributed by atoms with Gasteiger partial charge in [0.05, 0.1) is 20.3 Å². The number of thiophene rings is 1. The zero-order chi connectivity index (χ0) is 18.1. The van der Waals surface area contributed by atoms with Gasteiger partial charge in [-0.05, 0) is 54.0 Å². The SMILES string of the molecule is COc1cc2c(cc1OC)C(c1cccs1)N(C(=O)C1CCCO1)CC2. The molecule has 0 N–H and O–H groups in total. The van der Waals surface area contributed by atoms with E-state index in [0.29, 0.717) is 18.9 Å². The molecule has 2 aromatic rings. The third kappa shape index (κ3) is 2.97. The molecule has 2 aliphatic heterocycles. The van der Waals surface area contributed by atoms with Crippen molar-refractivity contribution in [2.75, 3.05) is 27.4 Å². The molecule has 0 aliphatic carbocycles. The summed E-state index contributed by atoms with van der Waals surface area (Å²) < 4.78 is 16.6. The molecule has 3 heterocycles. The van der Waals surface area contributed by atoms with Crippen LogP contribution in [0.5, 0.6) is 11.5 Å². The Morgan fingerprint density at radius 1 is 1.27 bits per heavy atom. The van der Waals surface area contributed by atoms with Gasteiger partial charge < -0.3 is 19.1 Å². The second-order valence-electron chi connectivity index (χ2n) is 6.61. The van der Waals surface area contributed by atoms with Gasteiger partial charge in [-0.2, -0.15) is 0 Å². The van der Waals surface area contributed by atoms with Crippen LogP contribution >= 0.6 is 11.3 Å². The van der Waals surface area contributed by atoms with Crippen LogP contribution in [0, 0.1) is 0 Å². The fourth-order valence-electron chi connectivity index (χ4n) is 3.89. The Hall–Kier alpha value is -2.05. The Labute approximate surface area is 157 Å². The molecule has 2 unspecified atom stereocenters. The minimum absolute atomic E-state index is 0.0985. The maximum atomic E-state index is 13.1. The Morgan fingerprint density at radius 2 is 2.08 bits per heavy atom. The summed E-state index contributed by atoms with van der Waals surface area (Å²) in [5.41, 5.74) is 2.32. The second-order valence-corrected chi connectivity index (χ2v) is 7.59. The zero-order valence-electron chi connectivity index (χ0n) is 15.1. The summed E-state index contributed by atoms with van der Waals surface area (Å²) in [6, 6.07) is 8.09. The smallest absolute Gasteiger partial charge is 0.252 e. The van der Waals surface area contributed by atoms with E-state index in [1.165, 1.54) is 5.56 Å². The topological polar surface area (TPSA) is 48.0 Å². The molecule has 5 nitrogen and oxygen atoms in total. The van der Waals surface area contributed by atoms with Gasteiger partial charge in [0.15, 0.2) is 11.5 Å². The highest BCUT2D eigenvalue weighted by Gasteiger charge is 2.38. The monoisotopic (exact) mass is 373 g/mol. The number of amides is 1. The molecule has 1 amide bonds. The molecule has 1 aromatic carbocycles. The molecule has 0 radical (unpaired) electrons. The van der Waals surface area contributed by atoms with Crippen molar-refractivity contribution in [2.45, 2.75) is 31.4 Å². The average molecular weight is 373 g/mol. The van der Waals surface area contributed by atoms with E-state index >= 15 is 0 Å². The van der Waals surface area contributed by atoms with Crippen molar-refractivity contribution in [3.8, 4) is 11.5 Å². The van der Waals surface area contributed by atoms with Crippen LogP contribution < -0.4 is 9.47 Å². The van der Waals surface area contributed by atoms with Gasteiger partial charge in [-0.1, -0.05) is 6.07 Å². The highest BCUT2D eigenvalue weighted by molar-refractivity contribution is 7.10. The van der Waals surface area contributed by atoms with E-state index in [-0.39, 0.29) is 18.1 Å². The van der Waals surface area contributed by atoms with Crippen LogP contribution in [0.2, 0.25) is 0 Å². The lowest BCUT2D eigenvalue weighted by molar-refractivity contribution is -0.143. The Bertz CT molecular complexity index is 783. The van der Waals surface area contributed by atoms with Gasteiger partial charge in [0, 0.05) is 18.0 Å². The first-order valence-corrected chi connectivity index (χ1v) is 9.81. The Morgan fingerprint density at radius 3 is 2.73 bits per heavy atom. The lowest BCUT2D eigenvalue weighted by Crippen LogP contribution is -2.45. The summed E-state index contributed by atoms with van der Waals surface area (Å²) in [6.45, 7) is 1.36. The largest absolute Gasteiger partial charge is 0.493 e. The van der Waals surface area contributed by atoms with E-state index in [1.54, 1.807) is 25.6 Å². The lowest BCUT2D eigenvalue weighted by Gasteiger charge is -2.38. The van der Waals surface area contributed by atoms with Gasteiger partial charge in [0.2, 0.25) is 0 Å². The summed E-state index contributed by atoms with van der Waals surface area (Å²) >= 11 is 1.67. The van der Waals surface area contributed by atoms with E-state index in [2.05, 4.69) is 11.4 Å². The molecule has 1 aromatic heterocycles. The molecular formula is C20H23NO4S. The minimum atomic E-state index is -0.306. The number of ether oxygens (including phenoxy) is 3. The van der Waals surface area contributed by atoms with Crippen molar-refractivity contribution in [3.05, 3.63) is 45.6 Å². The predicted molar refractivity (Wildman–Crippen MR) is 100 cm³/mol. The van der Waals surface area contributed by atoms with Crippen molar-refractivity contribution >= 4 is 17.2 Å². The molecule has 6 heteroatoms. The first kappa shape index (κ1) is 17.4. The highest BCUT2D eigenvalue weighted by Crippen LogP contribution is 2.42. The summed E-state index contributed by atoms with van der Waals surface area (Å²) in [5.74, 6) is 1.52. The summed E-state index contributed by atoms with van der Waals surface area (Å²) in [7, 11) is 3.29. The van der Waals surface area contributed by atoms with Gasteiger partial charge in [-0.25, -0.2) is 0 Å². The van der Waals surface area contributed by atoms with E-state index in [9.17, 15) is 4.79 Å². The van der Waals surface area contributed by atoms with Gasteiger partial charge in [0.1, 0.15) is 6.10 Å². The van der Waals surface area contributed by atoms with Crippen molar-refractivity contribution in [1.29, 1.82) is 0 Å². The first-order valence-electron chi connectivity index (χ1n) is 8.93.